The van der Waals surface area contributed by atoms with E-state index in [2.05, 4.69) is 48.2 Å². The number of pyridine rings is 1. The molecule has 1 N–H and O–H groups in total. The molecule has 6 rings (SSSR count). The molecule has 4 atom stereocenters. The second-order valence-electron chi connectivity index (χ2n) is 10.4. The smallest absolute Gasteiger partial charge is 0.307 e. The molecule has 1 fully saturated rings. The number of hydrogen-bond acceptors (Lipinski definition) is 5. The molecule has 0 amide bonds. The fraction of sp³-hybridized carbons (Fsp3) is 0.333. The number of anilines is 1. The summed E-state index contributed by atoms with van der Waals surface area (Å²) in [6.45, 7) is 3.50. The highest BCUT2D eigenvalue weighted by atomic mass is 16.5. The Morgan fingerprint density at radius 1 is 1.03 bits per heavy atom. The van der Waals surface area contributed by atoms with Crippen molar-refractivity contribution in [2.75, 3.05) is 19.1 Å². The Bertz CT molecular complexity index is 1300. The number of nitrogens with zero attached hydrogens (tertiary/aromatic N) is 2. The Kier molecular flexibility index (Phi) is 5.29. The number of ether oxygens (including phenoxy) is 2. The number of rotatable bonds is 8. The van der Waals surface area contributed by atoms with Gasteiger partial charge in [0, 0.05) is 24.7 Å². The quantitative estimate of drug-likeness (QED) is 0.475. The van der Waals surface area contributed by atoms with Crippen LogP contribution in [-0.4, -0.2) is 30.3 Å². The maximum absolute atomic E-state index is 11.7. The molecule has 0 radical (unpaired) electrons. The maximum Gasteiger partial charge on any atom is 0.307 e. The van der Waals surface area contributed by atoms with E-state index < -0.39 is 5.97 Å². The zero-order valence-corrected chi connectivity index (χ0v) is 20.8. The Morgan fingerprint density at radius 2 is 1.61 bits per heavy atom. The second-order valence-corrected chi connectivity index (χ2v) is 10.4. The summed E-state index contributed by atoms with van der Waals surface area (Å²) in [6.07, 6.45) is 5.11. The van der Waals surface area contributed by atoms with Crippen molar-refractivity contribution >= 4 is 17.4 Å². The van der Waals surface area contributed by atoms with Crippen molar-refractivity contribution in [2.24, 2.45) is 23.2 Å². The Labute approximate surface area is 211 Å². The van der Waals surface area contributed by atoms with Gasteiger partial charge in [0.15, 0.2) is 0 Å². The van der Waals surface area contributed by atoms with E-state index in [1.807, 2.05) is 30.5 Å². The van der Waals surface area contributed by atoms with Crippen LogP contribution in [0.4, 0.5) is 5.82 Å². The van der Waals surface area contributed by atoms with Crippen LogP contribution in [0.2, 0.25) is 0 Å². The van der Waals surface area contributed by atoms with Gasteiger partial charge < -0.3 is 19.5 Å². The molecule has 0 saturated heterocycles. The van der Waals surface area contributed by atoms with E-state index >= 15 is 0 Å². The summed E-state index contributed by atoms with van der Waals surface area (Å²) in [6, 6.07) is 18.5. The monoisotopic (exact) mass is 482 g/mol. The number of hydrogen-bond donors (Lipinski definition) is 1. The Morgan fingerprint density at radius 3 is 2.14 bits per heavy atom. The van der Waals surface area contributed by atoms with Crippen LogP contribution >= 0.6 is 0 Å². The lowest BCUT2D eigenvalue weighted by Gasteiger charge is -2.25. The fourth-order valence-electron chi connectivity index (χ4n) is 6.43. The average Bonchev–Trinajstić information content (AvgIpc) is 3.18. The van der Waals surface area contributed by atoms with Gasteiger partial charge in [-0.25, -0.2) is 4.98 Å². The molecule has 184 valence electrons. The van der Waals surface area contributed by atoms with Crippen molar-refractivity contribution in [3.05, 3.63) is 89.1 Å². The third-order valence-electron chi connectivity index (χ3n) is 8.32. The van der Waals surface area contributed by atoms with Crippen LogP contribution in [0, 0.1) is 23.2 Å². The van der Waals surface area contributed by atoms with Crippen LogP contribution in [-0.2, 0) is 24.3 Å². The maximum atomic E-state index is 11.7. The van der Waals surface area contributed by atoms with Crippen molar-refractivity contribution in [2.45, 2.75) is 26.4 Å². The lowest BCUT2D eigenvalue weighted by Crippen LogP contribution is -2.23. The normalized spacial score (nSPS) is 24.9. The van der Waals surface area contributed by atoms with Gasteiger partial charge in [-0.2, -0.15) is 0 Å². The van der Waals surface area contributed by atoms with E-state index in [1.165, 1.54) is 27.8 Å². The number of benzene rings is 2. The fourth-order valence-corrected chi connectivity index (χ4v) is 6.43. The van der Waals surface area contributed by atoms with Crippen molar-refractivity contribution in [3.8, 4) is 11.5 Å². The summed E-state index contributed by atoms with van der Waals surface area (Å²) >= 11 is 0. The average molecular weight is 483 g/mol. The molecule has 3 aliphatic rings. The third-order valence-corrected chi connectivity index (χ3v) is 8.32. The van der Waals surface area contributed by atoms with E-state index in [0.29, 0.717) is 19.0 Å². The summed E-state index contributed by atoms with van der Waals surface area (Å²) in [5.74, 6) is 2.17. The number of carboxylic acid groups (broad SMARTS) is 1. The number of allylic oxidation sites excluding steroid dienone is 2. The minimum atomic E-state index is -0.669. The standard InChI is InChI=1S/C30H30N2O4/c1-30-14-24-23(27(30)28(30)29(33)34)12-20-13-26(31-15-25(20)24)32(16-18-4-8-21(35-2)9-5-18)17-19-6-10-22(36-3)11-7-19/h4-11,13-15,23,27-28H,12,16-17H2,1-3H3,(H,33,34). The highest BCUT2D eigenvalue weighted by Crippen LogP contribution is 2.72. The SMILES string of the molecule is COc1ccc(CN(Cc2ccc(OC)cc2)c2cc3c(cn2)C2=CC4(C)C(C(=O)O)C4C2C3)cc1. The van der Waals surface area contributed by atoms with E-state index in [0.717, 1.165) is 23.7 Å². The Balaban J connectivity index is 1.29. The summed E-state index contributed by atoms with van der Waals surface area (Å²) < 4.78 is 10.6. The first-order valence-corrected chi connectivity index (χ1v) is 12.4. The lowest BCUT2D eigenvalue weighted by atomic mass is 9.96. The molecule has 3 aromatic rings. The zero-order chi connectivity index (χ0) is 25.0. The number of carbonyl (C=O) groups is 1. The summed E-state index contributed by atoms with van der Waals surface area (Å²) in [5.41, 5.74) is 5.90. The highest BCUT2D eigenvalue weighted by molar-refractivity contribution is 5.86. The van der Waals surface area contributed by atoms with Gasteiger partial charge in [0.05, 0.1) is 20.1 Å². The molecular weight excluding hydrogens is 452 g/mol. The zero-order valence-electron chi connectivity index (χ0n) is 20.8. The van der Waals surface area contributed by atoms with Crippen LogP contribution in [0.3, 0.4) is 0 Å². The summed E-state index contributed by atoms with van der Waals surface area (Å²) in [7, 11) is 3.35. The molecule has 1 aromatic heterocycles. The molecule has 4 unspecified atom stereocenters. The van der Waals surface area contributed by atoms with Crippen molar-refractivity contribution < 1.29 is 19.4 Å². The predicted molar refractivity (Wildman–Crippen MR) is 138 cm³/mol. The molecule has 1 heterocycles. The third kappa shape index (κ3) is 3.63. The van der Waals surface area contributed by atoms with Crippen LogP contribution in [0.5, 0.6) is 11.5 Å². The van der Waals surface area contributed by atoms with Crippen molar-refractivity contribution in [1.82, 2.24) is 4.98 Å². The van der Waals surface area contributed by atoms with Gasteiger partial charge in [-0.15, -0.1) is 0 Å². The van der Waals surface area contributed by atoms with Crippen LogP contribution in [0.25, 0.3) is 5.57 Å². The first-order chi connectivity index (χ1) is 17.4. The first kappa shape index (κ1) is 22.7. The van der Waals surface area contributed by atoms with E-state index in [1.54, 1.807) is 14.2 Å². The largest absolute Gasteiger partial charge is 0.497 e. The molecule has 3 aliphatic carbocycles. The van der Waals surface area contributed by atoms with E-state index in [9.17, 15) is 9.90 Å². The van der Waals surface area contributed by atoms with Gasteiger partial charge in [-0.05, 0) is 76.4 Å². The minimum Gasteiger partial charge on any atom is -0.497 e. The van der Waals surface area contributed by atoms with Gasteiger partial charge in [-0.3, -0.25) is 4.79 Å². The molecule has 0 aliphatic heterocycles. The molecule has 0 spiro atoms. The van der Waals surface area contributed by atoms with Gasteiger partial charge in [-0.1, -0.05) is 37.3 Å². The van der Waals surface area contributed by atoms with Crippen molar-refractivity contribution in [1.29, 1.82) is 0 Å². The predicted octanol–water partition coefficient (Wildman–Crippen LogP) is 5.21. The number of methoxy groups -OCH3 is 2. The molecule has 2 aromatic carbocycles. The highest BCUT2D eigenvalue weighted by Gasteiger charge is 2.71. The van der Waals surface area contributed by atoms with Gasteiger partial charge >= 0.3 is 5.97 Å². The Hall–Kier alpha value is -3.80. The summed E-state index contributed by atoms with van der Waals surface area (Å²) in [5, 5.41) is 9.66. The number of aliphatic carboxylic acids is 1. The topological polar surface area (TPSA) is 71.9 Å². The molecule has 1 saturated carbocycles. The second kappa shape index (κ2) is 8.40. The van der Waals surface area contributed by atoms with Gasteiger partial charge in [0.1, 0.15) is 17.3 Å². The lowest BCUT2D eigenvalue weighted by molar-refractivity contribution is -0.139. The molecule has 6 heteroatoms. The van der Waals surface area contributed by atoms with Crippen molar-refractivity contribution in [3.63, 3.8) is 0 Å². The number of fused-ring (bicyclic) bond motifs is 5. The number of carboxylic acids is 1. The van der Waals surface area contributed by atoms with Crippen LogP contribution in [0.15, 0.2) is 66.9 Å². The first-order valence-electron chi connectivity index (χ1n) is 12.4. The number of aromatic nitrogens is 1. The molecular formula is C30H30N2O4. The van der Waals surface area contributed by atoms with Crippen LogP contribution in [0.1, 0.15) is 29.2 Å². The van der Waals surface area contributed by atoms with Gasteiger partial charge in [0.25, 0.3) is 0 Å². The van der Waals surface area contributed by atoms with Crippen LogP contribution < -0.4 is 14.4 Å². The molecule has 6 nitrogen and oxygen atoms in total. The van der Waals surface area contributed by atoms with E-state index in [-0.39, 0.29) is 17.3 Å². The van der Waals surface area contributed by atoms with Gasteiger partial charge in [0.2, 0.25) is 0 Å². The molecule has 36 heavy (non-hydrogen) atoms. The van der Waals surface area contributed by atoms with E-state index in [4.69, 9.17) is 14.5 Å². The minimum absolute atomic E-state index is 0.197. The summed E-state index contributed by atoms with van der Waals surface area (Å²) in [4.78, 5) is 18.9. The molecule has 0 bridgehead atoms.